The second-order valence-electron chi connectivity index (χ2n) is 6.54. The van der Waals surface area contributed by atoms with E-state index in [4.69, 9.17) is 14.9 Å². The molecule has 2 saturated heterocycles. The fourth-order valence-electron chi connectivity index (χ4n) is 2.66. The number of methoxy groups -OCH3 is 1. The molecule has 2 aliphatic rings. The Morgan fingerprint density at radius 3 is 2.22 bits per heavy atom. The van der Waals surface area contributed by atoms with Gasteiger partial charge in [-0.3, -0.25) is 0 Å². The molecule has 3 rings (SSSR count). The van der Waals surface area contributed by atoms with E-state index in [1.807, 2.05) is 24.3 Å². The third-order valence-corrected chi connectivity index (χ3v) is 4.28. The number of nitrogens with one attached hydrogen (secondary N) is 3. The van der Waals surface area contributed by atoms with Crippen LogP contribution in [0.5, 0.6) is 5.75 Å². The van der Waals surface area contributed by atoms with Crippen LogP contribution in [0.2, 0.25) is 0 Å². The fourth-order valence-corrected chi connectivity index (χ4v) is 2.66. The zero-order valence-electron chi connectivity index (χ0n) is 15.8. The van der Waals surface area contributed by atoms with Gasteiger partial charge >= 0.3 is 6.09 Å². The highest BCUT2D eigenvalue weighted by atomic mass is 16.5. The molecule has 2 aliphatic heterocycles. The Balaban J connectivity index is 0.000000383. The second-order valence-corrected chi connectivity index (χ2v) is 6.54. The zero-order chi connectivity index (χ0) is 19.2. The molecule has 0 aliphatic carbocycles. The monoisotopic (exact) mass is 383 g/mol. The second kappa shape index (κ2) is 15.2. The number of aryl methyl sites for hydroxylation is 1. The summed E-state index contributed by atoms with van der Waals surface area (Å²) in [5.74, 6) is 1.59. The Hall–Kier alpha value is -1.83. The first kappa shape index (κ1) is 25.2. The quantitative estimate of drug-likeness (QED) is 0.546. The van der Waals surface area contributed by atoms with Crippen molar-refractivity contribution in [3.63, 3.8) is 0 Å². The standard InChI is InChI=1S/C8H10O.C7H14N2O2.C4H9NO.CH4/c1-7-3-5-8(9-2)6-4-7;10-7(11)9-4-2-6-1-3-8-5-6;6-4-1-2-5-3-4;/h3-6H,1-2H3;6,8-9H,1-5H2,(H,10,11);4-6H,1-3H2;1H4. The molecule has 0 spiro atoms. The normalized spacial score (nSPS) is 20.3. The van der Waals surface area contributed by atoms with E-state index in [2.05, 4.69) is 22.9 Å². The summed E-state index contributed by atoms with van der Waals surface area (Å²) in [6.45, 7) is 6.54. The Labute approximate surface area is 163 Å². The molecule has 2 atom stereocenters. The van der Waals surface area contributed by atoms with E-state index in [1.54, 1.807) is 7.11 Å². The van der Waals surface area contributed by atoms with Gasteiger partial charge in [-0.05, 0) is 63.9 Å². The Morgan fingerprint density at radius 2 is 1.81 bits per heavy atom. The van der Waals surface area contributed by atoms with E-state index in [1.165, 1.54) is 12.0 Å². The number of aliphatic hydroxyl groups is 1. The summed E-state index contributed by atoms with van der Waals surface area (Å²) < 4.78 is 4.97. The van der Waals surface area contributed by atoms with Gasteiger partial charge in [0.25, 0.3) is 0 Å². The van der Waals surface area contributed by atoms with E-state index in [0.29, 0.717) is 12.5 Å². The molecule has 7 heteroatoms. The lowest BCUT2D eigenvalue weighted by Crippen LogP contribution is -2.24. The average molecular weight is 384 g/mol. The number of rotatable bonds is 4. The lowest BCUT2D eigenvalue weighted by Gasteiger charge is -2.06. The Morgan fingerprint density at radius 1 is 1.19 bits per heavy atom. The largest absolute Gasteiger partial charge is 0.497 e. The number of ether oxygens (including phenoxy) is 1. The maximum absolute atomic E-state index is 10.0. The molecule has 1 aromatic rings. The van der Waals surface area contributed by atoms with E-state index in [-0.39, 0.29) is 13.5 Å². The van der Waals surface area contributed by atoms with Crippen LogP contribution in [0.4, 0.5) is 4.79 Å². The van der Waals surface area contributed by atoms with Gasteiger partial charge in [-0.15, -0.1) is 0 Å². The van der Waals surface area contributed by atoms with Crippen LogP contribution in [-0.2, 0) is 0 Å². The summed E-state index contributed by atoms with van der Waals surface area (Å²) in [5, 5.41) is 25.5. The van der Waals surface area contributed by atoms with Gasteiger partial charge in [-0.2, -0.15) is 0 Å². The van der Waals surface area contributed by atoms with Crippen LogP contribution < -0.4 is 20.7 Å². The number of carboxylic acid groups (broad SMARTS) is 1. The van der Waals surface area contributed by atoms with Crippen LogP contribution >= 0.6 is 0 Å². The molecule has 1 amide bonds. The number of amides is 1. The molecule has 156 valence electrons. The highest BCUT2D eigenvalue weighted by Crippen LogP contribution is 2.10. The maximum atomic E-state index is 10.0. The minimum Gasteiger partial charge on any atom is -0.497 e. The smallest absolute Gasteiger partial charge is 0.404 e. The van der Waals surface area contributed by atoms with E-state index in [9.17, 15) is 4.79 Å². The van der Waals surface area contributed by atoms with Crippen LogP contribution in [0, 0.1) is 12.8 Å². The van der Waals surface area contributed by atoms with Gasteiger partial charge in [-0.25, -0.2) is 4.79 Å². The minimum absolute atomic E-state index is 0. The van der Waals surface area contributed by atoms with Crippen molar-refractivity contribution < 1.29 is 19.7 Å². The molecule has 2 unspecified atom stereocenters. The lowest BCUT2D eigenvalue weighted by molar-refractivity contribution is 0.193. The maximum Gasteiger partial charge on any atom is 0.404 e. The van der Waals surface area contributed by atoms with E-state index >= 15 is 0 Å². The Kier molecular flexibility index (Phi) is 14.2. The molecule has 2 fully saturated rings. The van der Waals surface area contributed by atoms with Crippen molar-refractivity contribution in [2.45, 2.75) is 39.7 Å². The molecule has 7 nitrogen and oxygen atoms in total. The lowest BCUT2D eigenvalue weighted by atomic mass is 10.1. The van der Waals surface area contributed by atoms with Crippen molar-refractivity contribution in [2.24, 2.45) is 5.92 Å². The average Bonchev–Trinajstić information content (AvgIpc) is 3.30. The zero-order valence-corrected chi connectivity index (χ0v) is 15.8. The van der Waals surface area contributed by atoms with Crippen molar-refractivity contribution in [3.05, 3.63) is 29.8 Å². The van der Waals surface area contributed by atoms with Gasteiger partial charge in [0, 0.05) is 13.1 Å². The van der Waals surface area contributed by atoms with Gasteiger partial charge < -0.3 is 30.9 Å². The van der Waals surface area contributed by atoms with E-state index in [0.717, 1.165) is 44.8 Å². The first-order chi connectivity index (χ1) is 12.5. The summed E-state index contributed by atoms with van der Waals surface area (Å²) in [6.07, 6.45) is 2.08. The molecule has 5 N–H and O–H groups in total. The number of aliphatic hydroxyl groups excluding tert-OH is 1. The number of β-amino-alcohol motifs (C(OH)–C–C–N with tert-alkyl or cyclic N) is 1. The molecular formula is C20H37N3O4. The first-order valence-corrected chi connectivity index (χ1v) is 9.18. The molecule has 1 aromatic carbocycles. The van der Waals surface area contributed by atoms with Crippen molar-refractivity contribution in [2.75, 3.05) is 39.8 Å². The van der Waals surface area contributed by atoms with Gasteiger partial charge in [0.2, 0.25) is 0 Å². The number of hydrogen-bond acceptors (Lipinski definition) is 5. The van der Waals surface area contributed by atoms with Gasteiger partial charge in [0.15, 0.2) is 0 Å². The van der Waals surface area contributed by atoms with Crippen molar-refractivity contribution in [1.82, 2.24) is 16.0 Å². The molecule has 0 aromatic heterocycles. The summed E-state index contributed by atoms with van der Waals surface area (Å²) in [4.78, 5) is 10.0. The molecular weight excluding hydrogens is 346 g/mol. The number of hydrogen-bond donors (Lipinski definition) is 5. The predicted molar refractivity (Wildman–Crippen MR) is 110 cm³/mol. The van der Waals surface area contributed by atoms with Crippen molar-refractivity contribution in [1.29, 1.82) is 0 Å². The van der Waals surface area contributed by atoms with Crippen molar-refractivity contribution >= 4 is 6.09 Å². The van der Waals surface area contributed by atoms with Crippen molar-refractivity contribution in [3.8, 4) is 5.75 Å². The molecule has 27 heavy (non-hydrogen) atoms. The molecule has 2 heterocycles. The van der Waals surface area contributed by atoms with Gasteiger partial charge in [-0.1, -0.05) is 25.1 Å². The molecule has 0 saturated carbocycles. The third kappa shape index (κ3) is 13.1. The van der Waals surface area contributed by atoms with Crippen LogP contribution in [0.1, 0.15) is 32.3 Å². The number of carbonyl (C=O) groups is 1. The van der Waals surface area contributed by atoms with E-state index < -0.39 is 6.09 Å². The number of benzene rings is 1. The highest BCUT2D eigenvalue weighted by molar-refractivity contribution is 5.64. The van der Waals surface area contributed by atoms with Gasteiger partial charge in [0.05, 0.1) is 13.2 Å². The summed E-state index contributed by atoms with van der Waals surface area (Å²) >= 11 is 0. The van der Waals surface area contributed by atoms with Crippen LogP contribution in [0.3, 0.4) is 0 Å². The summed E-state index contributed by atoms with van der Waals surface area (Å²) in [6, 6.07) is 7.96. The summed E-state index contributed by atoms with van der Waals surface area (Å²) in [5.41, 5.74) is 1.26. The van der Waals surface area contributed by atoms with Gasteiger partial charge in [0.1, 0.15) is 5.75 Å². The molecule has 0 bridgehead atoms. The highest BCUT2D eigenvalue weighted by Gasteiger charge is 2.13. The first-order valence-electron chi connectivity index (χ1n) is 9.18. The fraction of sp³-hybridized carbons (Fsp3) is 0.650. The molecule has 0 radical (unpaired) electrons. The summed E-state index contributed by atoms with van der Waals surface area (Å²) in [7, 11) is 1.67. The topological polar surface area (TPSA) is 103 Å². The predicted octanol–water partition coefficient (Wildman–Crippen LogP) is 2.23. The van der Waals surface area contributed by atoms with Crippen LogP contribution in [0.25, 0.3) is 0 Å². The minimum atomic E-state index is -0.920. The third-order valence-electron chi connectivity index (χ3n) is 4.28. The SMILES string of the molecule is C.COc1ccc(C)cc1.O=C(O)NCCC1CCNC1.OC1CCNC1. The van der Waals surface area contributed by atoms with Crippen LogP contribution in [-0.4, -0.2) is 62.2 Å². The van der Waals surface area contributed by atoms with Crippen LogP contribution in [0.15, 0.2) is 24.3 Å². The Bertz CT molecular complexity index is 485.